The van der Waals surface area contributed by atoms with Crippen LogP contribution in [0.15, 0.2) is 0 Å². The zero-order valence-electron chi connectivity index (χ0n) is 11.6. The molecule has 0 saturated heterocycles. The molecule has 1 saturated carbocycles. The Balaban J connectivity index is 2.37. The van der Waals surface area contributed by atoms with E-state index in [4.69, 9.17) is 0 Å². The molecule has 0 amide bonds. The Bertz CT molecular complexity index is 180. The first-order valence-corrected chi connectivity index (χ1v) is 7.11. The SMILES string of the molecule is CCCCCN(C(C)C)C1CCC1CNC. The van der Waals surface area contributed by atoms with Gasteiger partial charge >= 0.3 is 0 Å². The molecule has 16 heavy (non-hydrogen) atoms. The second-order valence-electron chi connectivity index (χ2n) is 5.50. The molecular weight excluding hydrogens is 196 g/mol. The van der Waals surface area contributed by atoms with Crippen molar-refractivity contribution in [2.45, 2.75) is 65.0 Å². The van der Waals surface area contributed by atoms with Gasteiger partial charge in [-0.15, -0.1) is 0 Å². The van der Waals surface area contributed by atoms with Gasteiger partial charge in [-0.2, -0.15) is 0 Å². The summed E-state index contributed by atoms with van der Waals surface area (Å²) in [5, 5.41) is 3.33. The van der Waals surface area contributed by atoms with Gasteiger partial charge < -0.3 is 5.32 Å². The van der Waals surface area contributed by atoms with Gasteiger partial charge in [0.1, 0.15) is 0 Å². The summed E-state index contributed by atoms with van der Waals surface area (Å²) >= 11 is 0. The lowest BCUT2D eigenvalue weighted by atomic mass is 9.77. The third-order valence-electron chi connectivity index (χ3n) is 3.95. The van der Waals surface area contributed by atoms with E-state index in [2.05, 4.69) is 38.0 Å². The lowest BCUT2D eigenvalue weighted by molar-refractivity contribution is 0.0374. The molecule has 0 aromatic heterocycles. The first kappa shape index (κ1) is 14.0. The van der Waals surface area contributed by atoms with Crippen molar-refractivity contribution in [3.63, 3.8) is 0 Å². The van der Waals surface area contributed by atoms with Crippen molar-refractivity contribution in [1.29, 1.82) is 0 Å². The maximum Gasteiger partial charge on any atom is 0.0138 e. The van der Waals surface area contributed by atoms with Gasteiger partial charge in [0.2, 0.25) is 0 Å². The van der Waals surface area contributed by atoms with Gasteiger partial charge in [0.15, 0.2) is 0 Å². The van der Waals surface area contributed by atoms with Crippen LogP contribution in [0.5, 0.6) is 0 Å². The average Bonchev–Trinajstić information content (AvgIpc) is 2.23. The van der Waals surface area contributed by atoms with Crippen LogP contribution >= 0.6 is 0 Å². The molecule has 0 bridgehead atoms. The Kier molecular flexibility index (Phi) is 6.37. The van der Waals surface area contributed by atoms with E-state index in [0.717, 1.165) is 12.0 Å². The first-order valence-electron chi connectivity index (χ1n) is 7.11. The Labute approximate surface area is 102 Å². The van der Waals surface area contributed by atoms with Gasteiger partial charge in [0.05, 0.1) is 0 Å². The number of nitrogens with zero attached hydrogens (tertiary/aromatic N) is 1. The number of rotatable bonds is 8. The quantitative estimate of drug-likeness (QED) is 0.640. The van der Waals surface area contributed by atoms with Gasteiger partial charge in [-0.1, -0.05) is 19.8 Å². The molecule has 1 rings (SSSR count). The van der Waals surface area contributed by atoms with Crippen LogP contribution in [0.4, 0.5) is 0 Å². The lowest BCUT2D eigenvalue weighted by Gasteiger charge is -2.46. The fraction of sp³-hybridized carbons (Fsp3) is 1.00. The Morgan fingerprint density at radius 2 is 2.00 bits per heavy atom. The summed E-state index contributed by atoms with van der Waals surface area (Å²) in [6, 6.07) is 1.56. The topological polar surface area (TPSA) is 15.3 Å². The minimum absolute atomic E-state index is 0.710. The zero-order valence-corrected chi connectivity index (χ0v) is 11.6. The second kappa shape index (κ2) is 7.29. The molecule has 0 aromatic carbocycles. The van der Waals surface area contributed by atoms with Crippen LogP contribution < -0.4 is 5.32 Å². The van der Waals surface area contributed by atoms with Crippen LogP contribution in [0.25, 0.3) is 0 Å². The minimum atomic E-state index is 0.710. The van der Waals surface area contributed by atoms with E-state index in [1.807, 2.05) is 0 Å². The summed E-state index contributed by atoms with van der Waals surface area (Å²) in [7, 11) is 2.08. The molecule has 96 valence electrons. The summed E-state index contributed by atoms with van der Waals surface area (Å²) < 4.78 is 0. The molecule has 2 unspecified atom stereocenters. The third-order valence-corrected chi connectivity index (χ3v) is 3.95. The molecule has 0 heterocycles. The molecule has 1 fully saturated rings. The van der Waals surface area contributed by atoms with Crippen molar-refractivity contribution >= 4 is 0 Å². The van der Waals surface area contributed by atoms with E-state index in [1.165, 1.54) is 45.2 Å². The van der Waals surface area contributed by atoms with E-state index < -0.39 is 0 Å². The van der Waals surface area contributed by atoms with E-state index in [1.54, 1.807) is 0 Å². The predicted octanol–water partition coefficient (Wildman–Crippen LogP) is 2.89. The third kappa shape index (κ3) is 3.74. The molecule has 0 radical (unpaired) electrons. The predicted molar refractivity (Wildman–Crippen MR) is 71.8 cm³/mol. The summed E-state index contributed by atoms with van der Waals surface area (Å²) in [4.78, 5) is 2.74. The van der Waals surface area contributed by atoms with Crippen molar-refractivity contribution in [2.24, 2.45) is 5.92 Å². The van der Waals surface area contributed by atoms with Crippen LogP contribution in [0.1, 0.15) is 52.9 Å². The fourth-order valence-corrected chi connectivity index (χ4v) is 2.84. The molecule has 1 aliphatic carbocycles. The van der Waals surface area contributed by atoms with Gasteiger partial charge in [-0.05, 0) is 59.2 Å². The first-order chi connectivity index (χ1) is 7.70. The van der Waals surface area contributed by atoms with Crippen LogP contribution in [0, 0.1) is 5.92 Å². The Morgan fingerprint density at radius 1 is 1.25 bits per heavy atom. The van der Waals surface area contributed by atoms with Crippen molar-refractivity contribution in [2.75, 3.05) is 20.1 Å². The van der Waals surface area contributed by atoms with Gasteiger partial charge in [0.25, 0.3) is 0 Å². The monoisotopic (exact) mass is 226 g/mol. The average molecular weight is 226 g/mol. The molecule has 1 N–H and O–H groups in total. The standard InChI is InChI=1S/C14H30N2/c1-5-6-7-10-16(12(2)3)14-9-8-13(14)11-15-4/h12-15H,5-11H2,1-4H3. The van der Waals surface area contributed by atoms with Crippen LogP contribution in [-0.2, 0) is 0 Å². The smallest absolute Gasteiger partial charge is 0.0138 e. The number of nitrogens with one attached hydrogen (secondary N) is 1. The molecule has 2 nitrogen and oxygen atoms in total. The van der Waals surface area contributed by atoms with Crippen molar-refractivity contribution in [1.82, 2.24) is 10.2 Å². The molecule has 0 aliphatic heterocycles. The highest BCUT2D eigenvalue weighted by atomic mass is 15.2. The van der Waals surface area contributed by atoms with Gasteiger partial charge in [0, 0.05) is 12.1 Å². The van der Waals surface area contributed by atoms with Gasteiger partial charge in [-0.25, -0.2) is 0 Å². The Morgan fingerprint density at radius 3 is 2.44 bits per heavy atom. The summed E-state index contributed by atoms with van der Waals surface area (Å²) in [6.07, 6.45) is 6.92. The summed E-state index contributed by atoms with van der Waals surface area (Å²) in [6.45, 7) is 9.48. The highest BCUT2D eigenvalue weighted by molar-refractivity contribution is 4.91. The maximum atomic E-state index is 3.33. The number of hydrogen-bond donors (Lipinski definition) is 1. The lowest BCUT2D eigenvalue weighted by Crippen LogP contribution is -2.53. The van der Waals surface area contributed by atoms with E-state index >= 15 is 0 Å². The fourth-order valence-electron chi connectivity index (χ4n) is 2.84. The summed E-state index contributed by atoms with van der Waals surface area (Å²) in [5.41, 5.74) is 0. The second-order valence-corrected chi connectivity index (χ2v) is 5.50. The Hall–Kier alpha value is -0.0800. The van der Waals surface area contributed by atoms with Crippen LogP contribution in [0.2, 0.25) is 0 Å². The van der Waals surface area contributed by atoms with Gasteiger partial charge in [-0.3, -0.25) is 4.90 Å². The maximum absolute atomic E-state index is 3.33. The highest BCUT2D eigenvalue weighted by Crippen LogP contribution is 2.33. The molecular formula is C14H30N2. The van der Waals surface area contributed by atoms with Crippen LogP contribution in [-0.4, -0.2) is 37.1 Å². The van der Waals surface area contributed by atoms with Crippen molar-refractivity contribution in [3.8, 4) is 0 Å². The van der Waals surface area contributed by atoms with Crippen molar-refractivity contribution in [3.05, 3.63) is 0 Å². The minimum Gasteiger partial charge on any atom is -0.319 e. The van der Waals surface area contributed by atoms with Crippen LogP contribution in [0.3, 0.4) is 0 Å². The molecule has 0 aromatic rings. The molecule has 2 heteroatoms. The molecule has 0 spiro atoms. The van der Waals surface area contributed by atoms with E-state index in [0.29, 0.717) is 6.04 Å². The number of hydrogen-bond acceptors (Lipinski definition) is 2. The van der Waals surface area contributed by atoms with E-state index in [9.17, 15) is 0 Å². The van der Waals surface area contributed by atoms with Crippen molar-refractivity contribution < 1.29 is 0 Å². The highest BCUT2D eigenvalue weighted by Gasteiger charge is 2.35. The molecule has 2 atom stereocenters. The van der Waals surface area contributed by atoms with E-state index in [-0.39, 0.29) is 0 Å². The largest absolute Gasteiger partial charge is 0.319 e. The normalized spacial score (nSPS) is 25.1. The number of unbranched alkanes of at least 4 members (excludes halogenated alkanes) is 2. The molecule has 1 aliphatic rings. The zero-order chi connectivity index (χ0) is 12.0. The summed E-state index contributed by atoms with van der Waals surface area (Å²) in [5.74, 6) is 0.897.